The lowest BCUT2D eigenvalue weighted by Crippen LogP contribution is -2.56. The topological polar surface area (TPSA) is 76.6 Å². The number of H-pyrrole nitrogens is 1. The molecule has 0 amide bonds. The molecule has 0 atom stereocenters. The summed E-state index contributed by atoms with van der Waals surface area (Å²) in [7, 11) is 0. The standard InChI is InChI=1S/C19H16F2N2O3/c1-10(24)17-14-6-13(16(25)7-15(14)22-18(17)26)11-2-4-12(5-3-11)23-8-19(20,21)9-23/h2-7,22,25-26H,8-9H2,1H3. The quantitative estimate of drug-likeness (QED) is 0.621. The average molecular weight is 358 g/mol. The number of aromatic hydroxyl groups is 2. The van der Waals surface area contributed by atoms with Crippen molar-refractivity contribution < 1.29 is 23.8 Å². The number of carbonyl (C=O) groups excluding carboxylic acids is 1. The summed E-state index contributed by atoms with van der Waals surface area (Å²) in [5.74, 6) is -3.18. The first-order chi connectivity index (χ1) is 12.2. The molecule has 1 saturated heterocycles. The zero-order valence-electron chi connectivity index (χ0n) is 13.9. The highest BCUT2D eigenvalue weighted by molar-refractivity contribution is 6.10. The van der Waals surface area contributed by atoms with Crippen LogP contribution in [-0.4, -0.2) is 40.0 Å². The van der Waals surface area contributed by atoms with Crippen LogP contribution < -0.4 is 4.90 Å². The van der Waals surface area contributed by atoms with E-state index in [1.165, 1.54) is 13.0 Å². The third-order valence-electron chi connectivity index (χ3n) is 4.63. The van der Waals surface area contributed by atoms with E-state index >= 15 is 0 Å². The Kier molecular flexibility index (Phi) is 3.44. The van der Waals surface area contributed by atoms with Gasteiger partial charge in [-0.25, -0.2) is 8.78 Å². The summed E-state index contributed by atoms with van der Waals surface area (Å²) in [6.07, 6.45) is 0. The molecule has 2 aromatic carbocycles. The summed E-state index contributed by atoms with van der Waals surface area (Å²) in [4.78, 5) is 16.0. The Hall–Kier alpha value is -3.09. The van der Waals surface area contributed by atoms with Gasteiger partial charge < -0.3 is 20.1 Å². The molecular formula is C19H16F2N2O3. The lowest BCUT2D eigenvalue weighted by atomic mass is 9.99. The number of halogens is 2. The van der Waals surface area contributed by atoms with Crippen LogP contribution in [0.2, 0.25) is 0 Å². The lowest BCUT2D eigenvalue weighted by molar-refractivity contribution is -0.0262. The molecule has 0 saturated carbocycles. The second kappa shape index (κ2) is 5.45. The minimum atomic E-state index is -2.64. The lowest BCUT2D eigenvalue weighted by Gasteiger charge is -2.40. The number of anilines is 1. The maximum atomic E-state index is 13.0. The van der Waals surface area contributed by atoms with Gasteiger partial charge in [0.2, 0.25) is 5.88 Å². The van der Waals surface area contributed by atoms with E-state index in [1.54, 1.807) is 35.2 Å². The predicted octanol–water partition coefficient (Wildman–Crippen LogP) is 3.90. The highest BCUT2D eigenvalue weighted by atomic mass is 19.3. The number of ketones is 1. The Morgan fingerprint density at radius 1 is 1.15 bits per heavy atom. The summed E-state index contributed by atoms with van der Waals surface area (Å²) in [6, 6.07) is 9.97. The first kappa shape index (κ1) is 16.4. The van der Waals surface area contributed by atoms with Crippen LogP contribution in [0.3, 0.4) is 0 Å². The molecule has 1 aromatic heterocycles. The molecule has 0 aliphatic carbocycles. The van der Waals surface area contributed by atoms with Crippen molar-refractivity contribution in [1.82, 2.24) is 4.98 Å². The zero-order valence-corrected chi connectivity index (χ0v) is 13.9. The molecule has 3 N–H and O–H groups in total. The van der Waals surface area contributed by atoms with Crippen LogP contribution in [0.15, 0.2) is 36.4 Å². The Bertz CT molecular complexity index is 1020. The molecule has 0 radical (unpaired) electrons. The molecule has 3 aromatic rings. The Labute approximate surface area is 147 Å². The van der Waals surface area contributed by atoms with Crippen LogP contribution in [0.1, 0.15) is 17.3 Å². The number of benzene rings is 2. The maximum Gasteiger partial charge on any atom is 0.282 e. The molecule has 2 heterocycles. The highest BCUT2D eigenvalue weighted by Gasteiger charge is 2.43. The minimum absolute atomic E-state index is 0.0166. The van der Waals surface area contributed by atoms with Crippen LogP contribution in [0, 0.1) is 0 Å². The number of hydrogen-bond acceptors (Lipinski definition) is 4. The van der Waals surface area contributed by atoms with E-state index in [2.05, 4.69) is 4.98 Å². The third-order valence-corrected chi connectivity index (χ3v) is 4.63. The number of aromatic amines is 1. The van der Waals surface area contributed by atoms with E-state index in [0.29, 0.717) is 27.7 Å². The number of rotatable bonds is 3. The fraction of sp³-hybridized carbons (Fsp3) is 0.211. The van der Waals surface area contributed by atoms with Gasteiger partial charge >= 0.3 is 0 Å². The minimum Gasteiger partial charge on any atom is -0.507 e. The summed E-state index contributed by atoms with van der Waals surface area (Å²) in [5, 5.41) is 20.7. The number of Topliss-reactive ketones (excluding diaryl/α,β-unsaturated/α-hetero) is 1. The molecular weight excluding hydrogens is 342 g/mol. The molecule has 1 fully saturated rings. The SMILES string of the molecule is CC(=O)c1c(O)[nH]c2cc(O)c(-c3ccc(N4CC(F)(F)C4)cc3)cc12. The van der Waals surface area contributed by atoms with Crippen LogP contribution in [0.5, 0.6) is 11.6 Å². The second-order valence-electron chi connectivity index (χ2n) is 6.58. The third kappa shape index (κ3) is 2.56. The van der Waals surface area contributed by atoms with E-state index in [9.17, 15) is 23.8 Å². The first-order valence-corrected chi connectivity index (χ1v) is 8.07. The molecule has 5 nitrogen and oxygen atoms in total. The largest absolute Gasteiger partial charge is 0.507 e. The van der Waals surface area contributed by atoms with Gasteiger partial charge in [-0.1, -0.05) is 12.1 Å². The number of fused-ring (bicyclic) bond motifs is 1. The predicted molar refractivity (Wildman–Crippen MR) is 94.2 cm³/mol. The molecule has 0 unspecified atom stereocenters. The van der Waals surface area contributed by atoms with Crippen molar-refractivity contribution in [3.63, 3.8) is 0 Å². The number of nitrogens with one attached hydrogen (secondary N) is 1. The number of phenolic OH excluding ortho intramolecular Hbond substituents is 1. The van der Waals surface area contributed by atoms with Gasteiger partial charge in [0.25, 0.3) is 5.92 Å². The number of carbonyl (C=O) groups is 1. The van der Waals surface area contributed by atoms with Crippen molar-refractivity contribution >= 4 is 22.4 Å². The molecule has 0 bridgehead atoms. The van der Waals surface area contributed by atoms with E-state index in [0.717, 1.165) is 0 Å². The van der Waals surface area contributed by atoms with Crippen molar-refractivity contribution in [3.8, 4) is 22.8 Å². The maximum absolute atomic E-state index is 13.0. The number of alkyl halides is 2. The Morgan fingerprint density at radius 2 is 1.81 bits per heavy atom. The van der Waals surface area contributed by atoms with Crippen molar-refractivity contribution in [2.75, 3.05) is 18.0 Å². The van der Waals surface area contributed by atoms with Gasteiger partial charge in [0, 0.05) is 22.7 Å². The Balaban J connectivity index is 1.73. The fourth-order valence-corrected chi connectivity index (χ4v) is 3.35. The van der Waals surface area contributed by atoms with Gasteiger partial charge in [-0.2, -0.15) is 0 Å². The van der Waals surface area contributed by atoms with E-state index in [-0.39, 0.29) is 36.1 Å². The van der Waals surface area contributed by atoms with E-state index in [1.807, 2.05) is 0 Å². The summed E-state index contributed by atoms with van der Waals surface area (Å²) in [6.45, 7) is 0.759. The summed E-state index contributed by atoms with van der Waals surface area (Å²) in [5.41, 5.74) is 2.47. The van der Waals surface area contributed by atoms with Crippen LogP contribution in [0.4, 0.5) is 14.5 Å². The molecule has 0 spiro atoms. The van der Waals surface area contributed by atoms with Crippen molar-refractivity contribution in [1.29, 1.82) is 0 Å². The normalized spacial score (nSPS) is 15.9. The van der Waals surface area contributed by atoms with Gasteiger partial charge in [0.15, 0.2) is 5.78 Å². The van der Waals surface area contributed by atoms with E-state index in [4.69, 9.17) is 0 Å². The van der Waals surface area contributed by atoms with Crippen LogP contribution in [0.25, 0.3) is 22.0 Å². The molecule has 4 rings (SSSR count). The monoisotopic (exact) mass is 358 g/mol. The van der Waals surface area contributed by atoms with Crippen LogP contribution in [-0.2, 0) is 0 Å². The molecule has 1 aliphatic heterocycles. The second-order valence-corrected chi connectivity index (χ2v) is 6.58. The molecule has 26 heavy (non-hydrogen) atoms. The first-order valence-electron chi connectivity index (χ1n) is 8.07. The number of nitrogens with zero attached hydrogens (tertiary/aromatic N) is 1. The van der Waals surface area contributed by atoms with Gasteiger partial charge in [-0.3, -0.25) is 4.79 Å². The smallest absolute Gasteiger partial charge is 0.282 e. The zero-order chi connectivity index (χ0) is 18.6. The summed E-state index contributed by atoms with van der Waals surface area (Å²) >= 11 is 0. The van der Waals surface area contributed by atoms with Gasteiger partial charge in [-0.05, 0) is 30.7 Å². The van der Waals surface area contributed by atoms with Gasteiger partial charge in [0.1, 0.15) is 5.75 Å². The summed E-state index contributed by atoms with van der Waals surface area (Å²) < 4.78 is 26.0. The number of aromatic nitrogens is 1. The highest BCUT2D eigenvalue weighted by Crippen LogP contribution is 2.38. The number of phenols is 1. The average Bonchev–Trinajstić information content (AvgIpc) is 2.86. The van der Waals surface area contributed by atoms with Crippen molar-refractivity contribution in [3.05, 3.63) is 42.0 Å². The van der Waals surface area contributed by atoms with Crippen LogP contribution >= 0.6 is 0 Å². The van der Waals surface area contributed by atoms with E-state index < -0.39 is 5.92 Å². The fourth-order valence-electron chi connectivity index (χ4n) is 3.35. The molecule has 7 heteroatoms. The van der Waals surface area contributed by atoms with Crippen molar-refractivity contribution in [2.45, 2.75) is 12.8 Å². The van der Waals surface area contributed by atoms with Gasteiger partial charge in [0.05, 0.1) is 24.2 Å². The Morgan fingerprint density at radius 3 is 2.38 bits per heavy atom. The number of hydrogen-bond donors (Lipinski definition) is 3. The van der Waals surface area contributed by atoms with Crippen molar-refractivity contribution in [2.24, 2.45) is 0 Å². The van der Waals surface area contributed by atoms with Gasteiger partial charge in [-0.15, -0.1) is 0 Å². The molecule has 1 aliphatic rings. The molecule has 134 valence electrons.